The largest absolute Gasteiger partial charge is 0.382 e. The van der Waals surface area contributed by atoms with E-state index < -0.39 is 0 Å². The van der Waals surface area contributed by atoms with Crippen LogP contribution in [-0.2, 0) is 4.74 Å². The van der Waals surface area contributed by atoms with Crippen LogP contribution in [0.4, 0.5) is 0 Å². The van der Waals surface area contributed by atoms with Crippen molar-refractivity contribution in [2.45, 2.75) is 59.3 Å². The Balaban J connectivity index is 0.00000400. The third kappa shape index (κ3) is 8.86. The summed E-state index contributed by atoms with van der Waals surface area (Å²) in [5.74, 6) is 1.30. The Morgan fingerprint density at radius 2 is 2.00 bits per heavy atom. The molecule has 0 aromatic heterocycles. The first-order chi connectivity index (χ1) is 9.58. The fourth-order valence-corrected chi connectivity index (χ4v) is 2.84. The van der Waals surface area contributed by atoms with E-state index in [9.17, 15) is 0 Å². The van der Waals surface area contributed by atoms with Gasteiger partial charge in [0, 0.05) is 26.3 Å². The zero-order valence-corrected chi connectivity index (χ0v) is 16.3. The minimum absolute atomic E-state index is 0. The second-order valence-corrected chi connectivity index (χ2v) is 6.46. The van der Waals surface area contributed by atoms with Crippen molar-refractivity contribution in [2.75, 3.05) is 26.3 Å². The van der Waals surface area contributed by atoms with E-state index in [0.29, 0.717) is 17.3 Å². The van der Waals surface area contributed by atoms with E-state index >= 15 is 0 Å². The summed E-state index contributed by atoms with van der Waals surface area (Å²) in [5, 5.41) is 3.22. The van der Waals surface area contributed by atoms with Gasteiger partial charge in [-0.25, -0.2) is 0 Å². The molecule has 0 atom stereocenters. The van der Waals surface area contributed by atoms with E-state index in [-0.39, 0.29) is 24.0 Å². The molecule has 0 spiro atoms. The maximum absolute atomic E-state index is 5.96. The summed E-state index contributed by atoms with van der Waals surface area (Å²) in [4.78, 5) is 4.58. The first-order valence-electron chi connectivity index (χ1n) is 8.19. The van der Waals surface area contributed by atoms with Crippen LogP contribution in [0.3, 0.4) is 0 Å². The summed E-state index contributed by atoms with van der Waals surface area (Å²) >= 11 is 0. The molecule has 4 nitrogen and oxygen atoms in total. The molecule has 0 unspecified atom stereocenters. The molecular weight excluding hydrogens is 377 g/mol. The van der Waals surface area contributed by atoms with Crippen molar-refractivity contribution >= 4 is 29.9 Å². The summed E-state index contributed by atoms with van der Waals surface area (Å²) in [7, 11) is 0. The highest BCUT2D eigenvalue weighted by Gasteiger charge is 2.33. The molecule has 3 N–H and O–H groups in total. The van der Waals surface area contributed by atoms with Crippen LogP contribution in [0.25, 0.3) is 0 Å². The molecule has 5 heteroatoms. The van der Waals surface area contributed by atoms with Gasteiger partial charge in [-0.05, 0) is 43.9 Å². The Labute approximate surface area is 147 Å². The molecule has 21 heavy (non-hydrogen) atoms. The summed E-state index contributed by atoms with van der Waals surface area (Å²) in [6.45, 7) is 9.91. The maximum Gasteiger partial charge on any atom is 0.188 e. The Morgan fingerprint density at radius 1 is 1.33 bits per heavy atom. The van der Waals surface area contributed by atoms with Gasteiger partial charge in [0.1, 0.15) is 0 Å². The Bertz CT molecular complexity index is 289. The van der Waals surface area contributed by atoms with Crippen molar-refractivity contribution in [2.24, 2.45) is 22.1 Å². The molecule has 0 amide bonds. The number of halogens is 1. The summed E-state index contributed by atoms with van der Waals surface area (Å²) in [5.41, 5.74) is 6.29. The Hall–Kier alpha value is -0.0400. The van der Waals surface area contributed by atoms with Crippen LogP contribution in [0.15, 0.2) is 4.99 Å². The van der Waals surface area contributed by atoms with Crippen LogP contribution < -0.4 is 11.1 Å². The fourth-order valence-electron chi connectivity index (χ4n) is 2.84. The standard InChI is InChI=1S/C16H33N3O.HI/c1-4-20-12-10-16(8-5-6-9-16)13-19-15(17)18-11-7-14(2)3;/h14H,4-13H2,1-3H3,(H3,17,18,19);1H. The van der Waals surface area contributed by atoms with Gasteiger partial charge in [0.15, 0.2) is 5.96 Å². The van der Waals surface area contributed by atoms with E-state index in [1.54, 1.807) is 0 Å². The van der Waals surface area contributed by atoms with Gasteiger partial charge in [0.25, 0.3) is 0 Å². The lowest BCUT2D eigenvalue weighted by Crippen LogP contribution is -2.34. The monoisotopic (exact) mass is 411 g/mol. The molecule has 0 bridgehead atoms. The SMILES string of the molecule is CCOCCC1(CN=C(N)NCCC(C)C)CCCC1.I. The topological polar surface area (TPSA) is 59.6 Å². The van der Waals surface area contributed by atoms with Crippen molar-refractivity contribution in [1.82, 2.24) is 5.32 Å². The highest BCUT2D eigenvalue weighted by Crippen LogP contribution is 2.41. The van der Waals surface area contributed by atoms with E-state index in [0.717, 1.165) is 39.1 Å². The molecule has 0 radical (unpaired) electrons. The molecule has 126 valence electrons. The molecule has 1 rings (SSSR count). The number of nitrogens with zero attached hydrogens (tertiary/aromatic N) is 1. The Kier molecular flexibility index (Phi) is 11.5. The van der Waals surface area contributed by atoms with Crippen LogP contribution in [-0.4, -0.2) is 32.3 Å². The number of hydrogen-bond donors (Lipinski definition) is 2. The van der Waals surface area contributed by atoms with Crippen molar-refractivity contribution in [3.05, 3.63) is 0 Å². The summed E-state index contributed by atoms with van der Waals surface area (Å²) < 4.78 is 5.52. The van der Waals surface area contributed by atoms with Crippen LogP contribution >= 0.6 is 24.0 Å². The van der Waals surface area contributed by atoms with E-state index in [2.05, 4.69) is 31.1 Å². The van der Waals surface area contributed by atoms with Crippen LogP contribution in [0.5, 0.6) is 0 Å². The van der Waals surface area contributed by atoms with E-state index in [4.69, 9.17) is 10.5 Å². The fraction of sp³-hybridized carbons (Fsp3) is 0.938. The van der Waals surface area contributed by atoms with Gasteiger partial charge in [-0.15, -0.1) is 24.0 Å². The molecule has 0 aromatic rings. The van der Waals surface area contributed by atoms with Gasteiger partial charge in [0.2, 0.25) is 0 Å². The van der Waals surface area contributed by atoms with Crippen molar-refractivity contribution < 1.29 is 4.74 Å². The van der Waals surface area contributed by atoms with Crippen molar-refractivity contribution in [3.8, 4) is 0 Å². The smallest absolute Gasteiger partial charge is 0.188 e. The van der Waals surface area contributed by atoms with Gasteiger partial charge >= 0.3 is 0 Å². The van der Waals surface area contributed by atoms with Crippen LogP contribution in [0.1, 0.15) is 59.3 Å². The number of nitrogens with two attached hydrogens (primary N) is 1. The maximum atomic E-state index is 5.96. The highest BCUT2D eigenvalue weighted by molar-refractivity contribution is 14.0. The number of nitrogens with one attached hydrogen (secondary N) is 1. The summed E-state index contributed by atoms with van der Waals surface area (Å²) in [6, 6.07) is 0. The second-order valence-electron chi connectivity index (χ2n) is 6.46. The third-order valence-electron chi connectivity index (χ3n) is 4.26. The number of hydrogen-bond acceptors (Lipinski definition) is 2. The zero-order chi connectivity index (χ0) is 14.8. The predicted molar refractivity (Wildman–Crippen MR) is 101 cm³/mol. The number of rotatable bonds is 9. The first-order valence-corrected chi connectivity index (χ1v) is 8.19. The van der Waals surface area contributed by atoms with Gasteiger partial charge in [-0.1, -0.05) is 26.7 Å². The molecule has 0 saturated heterocycles. The van der Waals surface area contributed by atoms with Gasteiger partial charge in [-0.3, -0.25) is 4.99 Å². The lowest BCUT2D eigenvalue weighted by atomic mass is 9.83. The van der Waals surface area contributed by atoms with E-state index in [1.807, 2.05) is 0 Å². The van der Waals surface area contributed by atoms with Gasteiger partial charge in [0.05, 0.1) is 0 Å². The molecule has 0 aromatic carbocycles. The van der Waals surface area contributed by atoms with Crippen LogP contribution in [0, 0.1) is 11.3 Å². The molecule has 0 heterocycles. The number of ether oxygens (including phenoxy) is 1. The third-order valence-corrected chi connectivity index (χ3v) is 4.26. The van der Waals surface area contributed by atoms with Gasteiger partial charge < -0.3 is 15.8 Å². The molecule has 1 aliphatic carbocycles. The quantitative estimate of drug-likeness (QED) is 0.264. The molecule has 1 aliphatic rings. The minimum Gasteiger partial charge on any atom is -0.382 e. The van der Waals surface area contributed by atoms with Gasteiger partial charge in [-0.2, -0.15) is 0 Å². The average molecular weight is 411 g/mol. The molecular formula is C16H34IN3O. The lowest BCUT2D eigenvalue weighted by molar-refractivity contribution is 0.107. The average Bonchev–Trinajstić information content (AvgIpc) is 2.86. The van der Waals surface area contributed by atoms with Crippen molar-refractivity contribution in [1.29, 1.82) is 0 Å². The number of guanidine groups is 1. The molecule has 1 fully saturated rings. The predicted octanol–water partition coefficient (Wildman–Crippen LogP) is 3.54. The lowest BCUT2D eigenvalue weighted by Gasteiger charge is -2.27. The van der Waals surface area contributed by atoms with Crippen LogP contribution in [0.2, 0.25) is 0 Å². The first kappa shape index (κ1) is 21.0. The van der Waals surface area contributed by atoms with Crippen molar-refractivity contribution in [3.63, 3.8) is 0 Å². The van der Waals surface area contributed by atoms with E-state index in [1.165, 1.54) is 25.7 Å². The second kappa shape index (κ2) is 11.5. The zero-order valence-electron chi connectivity index (χ0n) is 14.0. The summed E-state index contributed by atoms with van der Waals surface area (Å²) in [6.07, 6.45) is 7.42. The molecule has 1 saturated carbocycles. The normalized spacial score (nSPS) is 17.8. The minimum atomic E-state index is 0. The highest BCUT2D eigenvalue weighted by atomic mass is 127. The molecule has 0 aliphatic heterocycles. The Morgan fingerprint density at radius 3 is 2.57 bits per heavy atom. The number of aliphatic imine (C=N–C) groups is 1.